The molecule has 1 fully saturated rings. The van der Waals surface area contributed by atoms with E-state index in [1.807, 2.05) is 0 Å². The van der Waals surface area contributed by atoms with Crippen LogP contribution in [0, 0.1) is 18.3 Å². The van der Waals surface area contributed by atoms with Gasteiger partial charge in [0.25, 0.3) is 5.91 Å². The highest BCUT2D eigenvalue weighted by atomic mass is 35.5. The predicted molar refractivity (Wildman–Crippen MR) is 71.7 cm³/mol. The van der Waals surface area contributed by atoms with Gasteiger partial charge in [-0.1, -0.05) is 11.6 Å². The molecule has 2 heterocycles. The maximum absolute atomic E-state index is 12.1. The van der Waals surface area contributed by atoms with Gasteiger partial charge in [0.15, 0.2) is 0 Å². The Morgan fingerprint density at radius 1 is 1.67 bits per heavy atom. The molecule has 1 aromatic heterocycles. The molecule has 0 saturated carbocycles. The molecule has 1 aliphatic rings. The fourth-order valence-corrected chi connectivity index (χ4v) is 3.35. The topological polar surface area (TPSA) is 65.8 Å². The second-order valence-electron chi connectivity index (χ2n) is 4.27. The number of hydrogen-bond donors (Lipinski definition) is 1. The molecule has 0 radical (unpaired) electrons. The lowest BCUT2D eigenvalue weighted by molar-refractivity contribution is 0.0926. The normalized spacial score (nSPS) is 22.5. The molecule has 1 N–H and O–H groups in total. The Kier molecular flexibility index (Phi) is 3.79. The van der Waals surface area contributed by atoms with Crippen molar-refractivity contribution >= 4 is 29.3 Å². The quantitative estimate of drug-likeness (QED) is 0.844. The summed E-state index contributed by atoms with van der Waals surface area (Å²) < 4.78 is 0. The molecule has 0 aliphatic carbocycles. The van der Waals surface area contributed by atoms with E-state index in [1.165, 1.54) is 6.07 Å². The predicted octanol–water partition coefficient (Wildman–Crippen LogP) is 2.17. The minimum absolute atomic E-state index is 0.272. The largest absolute Gasteiger partial charge is 0.333 e. The van der Waals surface area contributed by atoms with E-state index in [9.17, 15) is 10.1 Å². The number of nitriles is 1. The molecule has 1 unspecified atom stereocenters. The van der Waals surface area contributed by atoms with Crippen LogP contribution in [0.4, 0.5) is 0 Å². The number of aryl methyl sites for hydroxylation is 1. The van der Waals surface area contributed by atoms with Crippen molar-refractivity contribution in [2.24, 2.45) is 0 Å². The molecule has 0 spiro atoms. The second-order valence-corrected chi connectivity index (χ2v) is 5.76. The van der Waals surface area contributed by atoms with Crippen LogP contribution in [0.15, 0.2) is 12.1 Å². The van der Waals surface area contributed by atoms with Gasteiger partial charge in [-0.2, -0.15) is 17.0 Å². The van der Waals surface area contributed by atoms with E-state index in [2.05, 4.69) is 16.4 Å². The van der Waals surface area contributed by atoms with Crippen LogP contribution in [0.5, 0.6) is 0 Å². The molecule has 94 valence electrons. The Balaban J connectivity index is 2.19. The highest BCUT2D eigenvalue weighted by Crippen LogP contribution is 2.27. The number of aromatic nitrogens is 1. The minimum atomic E-state index is -0.745. The third-order valence-corrected chi connectivity index (χ3v) is 4.16. The summed E-state index contributed by atoms with van der Waals surface area (Å²) in [7, 11) is 0. The van der Waals surface area contributed by atoms with Crippen molar-refractivity contribution in [3.05, 3.63) is 28.5 Å². The van der Waals surface area contributed by atoms with Crippen LogP contribution in [-0.4, -0.2) is 27.9 Å². The van der Waals surface area contributed by atoms with Crippen molar-refractivity contribution in [1.29, 1.82) is 5.26 Å². The maximum atomic E-state index is 12.1. The summed E-state index contributed by atoms with van der Waals surface area (Å²) in [6.07, 6.45) is 0.678. The third-order valence-electron chi connectivity index (χ3n) is 2.77. The smallest absolute Gasteiger partial charge is 0.252 e. The van der Waals surface area contributed by atoms with Gasteiger partial charge < -0.3 is 5.32 Å². The van der Waals surface area contributed by atoms with Gasteiger partial charge >= 0.3 is 0 Å². The first kappa shape index (κ1) is 13.2. The van der Waals surface area contributed by atoms with E-state index >= 15 is 0 Å². The van der Waals surface area contributed by atoms with Crippen molar-refractivity contribution in [2.75, 3.05) is 11.5 Å². The summed E-state index contributed by atoms with van der Waals surface area (Å²) in [6.45, 7) is 1.77. The van der Waals surface area contributed by atoms with Crippen LogP contribution in [-0.2, 0) is 0 Å². The number of carbonyl (C=O) groups is 1. The van der Waals surface area contributed by atoms with Gasteiger partial charge in [-0.25, -0.2) is 4.98 Å². The fraction of sp³-hybridized carbons (Fsp3) is 0.417. The summed E-state index contributed by atoms with van der Waals surface area (Å²) in [4.78, 5) is 16.1. The van der Waals surface area contributed by atoms with Crippen molar-refractivity contribution in [1.82, 2.24) is 10.3 Å². The van der Waals surface area contributed by atoms with E-state index in [0.29, 0.717) is 23.4 Å². The van der Waals surface area contributed by atoms with Gasteiger partial charge in [-0.15, -0.1) is 0 Å². The average Bonchev–Trinajstić information content (AvgIpc) is 2.77. The Morgan fingerprint density at radius 3 is 3.00 bits per heavy atom. The Hall–Kier alpha value is -1.25. The molecule has 1 atom stereocenters. The maximum Gasteiger partial charge on any atom is 0.252 e. The van der Waals surface area contributed by atoms with Crippen LogP contribution >= 0.6 is 23.4 Å². The number of thioether (sulfide) groups is 1. The first-order valence-electron chi connectivity index (χ1n) is 5.50. The molecule has 1 amide bonds. The average molecular weight is 282 g/mol. The number of carbonyl (C=O) groups excluding carboxylic acids is 1. The van der Waals surface area contributed by atoms with Crippen LogP contribution in [0.25, 0.3) is 0 Å². The molecular formula is C12H12ClN3OS. The van der Waals surface area contributed by atoms with Crippen LogP contribution in [0.3, 0.4) is 0 Å². The molecular weight excluding hydrogens is 270 g/mol. The van der Waals surface area contributed by atoms with E-state index in [1.54, 1.807) is 24.8 Å². The highest BCUT2D eigenvalue weighted by Gasteiger charge is 2.36. The van der Waals surface area contributed by atoms with Crippen LogP contribution < -0.4 is 5.32 Å². The number of nitrogens with one attached hydrogen (secondary N) is 1. The second kappa shape index (κ2) is 5.17. The third kappa shape index (κ3) is 2.77. The van der Waals surface area contributed by atoms with Gasteiger partial charge in [-0.05, 0) is 31.2 Å². The Labute approximate surface area is 115 Å². The molecule has 1 saturated heterocycles. The molecule has 1 aromatic rings. The first-order valence-corrected chi connectivity index (χ1v) is 7.04. The van der Waals surface area contributed by atoms with E-state index in [-0.39, 0.29) is 11.1 Å². The summed E-state index contributed by atoms with van der Waals surface area (Å²) in [5.41, 5.74) is 0.379. The van der Waals surface area contributed by atoms with Gasteiger partial charge in [0, 0.05) is 17.0 Å². The molecule has 6 heteroatoms. The van der Waals surface area contributed by atoms with Crippen LogP contribution in [0.2, 0.25) is 5.15 Å². The lowest BCUT2D eigenvalue weighted by Crippen LogP contribution is -2.47. The lowest BCUT2D eigenvalue weighted by Gasteiger charge is -2.21. The van der Waals surface area contributed by atoms with Crippen molar-refractivity contribution < 1.29 is 4.79 Å². The monoisotopic (exact) mass is 281 g/mol. The number of hydrogen-bond acceptors (Lipinski definition) is 4. The minimum Gasteiger partial charge on any atom is -0.333 e. The summed E-state index contributed by atoms with van der Waals surface area (Å²) in [5, 5.41) is 12.3. The molecule has 0 aromatic carbocycles. The summed E-state index contributed by atoms with van der Waals surface area (Å²) in [5.74, 6) is 1.25. The zero-order valence-corrected chi connectivity index (χ0v) is 11.4. The SMILES string of the molecule is Cc1cc(C(=O)NC2(C#N)CCSC2)cc(Cl)n1. The van der Waals surface area contributed by atoms with Gasteiger partial charge in [-0.3, -0.25) is 4.79 Å². The molecule has 2 rings (SSSR count). The zero-order chi connectivity index (χ0) is 13.2. The standard InChI is InChI=1S/C12H12ClN3OS/c1-8-4-9(5-10(13)15-8)11(17)16-12(6-14)2-3-18-7-12/h4-5H,2-3,7H2,1H3,(H,16,17). The van der Waals surface area contributed by atoms with Crippen molar-refractivity contribution in [3.63, 3.8) is 0 Å². The Bertz CT molecular complexity index is 500. The van der Waals surface area contributed by atoms with Gasteiger partial charge in [0.05, 0.1) is 6.07 Å². The lowest BCUT2D eigenvalue weighted by atomic mass is 10.0. The van der Waals surface area contributed by atoms with Crippen molar-refractivity contribution in [2.45, 2.75) is 18.9 Å². The molecule has 18 heavy (non-hydrogen) atoms. The zero-order valence-electron chi connectivity index (χ0n) is 9.86. The van der Waals surface area contributed by atoms with Gasteiger partial charge in [0.2, 0.25) is 0 Å². The number of nitrogens with zero attached hydrogens (tertiary/aromatic N) is 2. The highest BCUT2D eigenvalue weighted by molar-refractivity contribution is 7.99. The molecule has 4 nitrogen and oxygen atoms in total. The first-order chi connectivity index (χ1) is 8.54. The fourth-order valence-electron chi connectivity index (χ4n) is 1.83. The Morgan fingerprint density at radius 2 is 2.44 bits per heavy atom. The van der Waals surface area contributed by atoms with Crippen molar-refractivity contribution in [3.8, 4) is 6.07 Å². The number of halogens is 1. The van der Waals surface area contributed by atoms with E-state index in [4.69, 9.17) is 11.6 Å². The van der Waals surface area contributed by atoms with Gasteiger partial charge in [0.1, 0.15) is 10.7 Å². The van der Waals surface area contributed by atoms with E-state index < -0.39 is 5.54 Å². The number of pyridine rings is 1. The summed E-state index contributed by atoms with van der Waals surface area (Å²) >= 11 is 7.49. The van der Waals surface area contributed by atoms with E-state index in [0.717, 1.165) is 5.75 Å². The molecule has 1 aliphatic heterocycles. The number of amides is 1. The number of rotatable bonds is 2. The summed E-state index contributed by atoms with van der Waals surface area (Å²) in [6, 6.07) is 5.38. The molecule has 0 bridgehead atoms. The van der Waals surface area contributed by atoms with Crippen LogP contribution in [0.1, 0.15) is 22.5 Å².